The molecule has 5 aromatic carbocycles. The lowest BCUT2D eigenvalue weighted by atomic mass is 9.95. The number of phosphoric acid groups is 1. The molecule has 2 aliphatic heterocycles. The standard InChI is InChI=1S/C72H93Cl2N8O21PS/c1-47(2)66(77-63(83)20-26-95-30-32-97-34-36-99-38-39-100-37-35-98-33-31-96-27-21-75)70(87)82(48(3)67(76)84)52-16-14-49(15-17-52)46-101-71(88)78(24-28-93-4)22-23-79(25-29-94-5)72(89)102-59-40-57-64(55-12-8-6-10-53(55)59)50(42-73)44-80(57)68(85)61-18-19-62(105-61)69(86)81-45-51(43-74)65-56-13-9-7-11-54(56)60(41-58(65)81)103-104(90,91)92/h6-19,40-41,47-48,50-51,66H,20-39,42-46,75H2,1-5H3,(H2,76,84)(H,77,83)(H2,90,91,92)/t48-,50+,51+,66-/m0/s1. The number of nitrogens with two attached hydrogens (primary N) is 2. The molecule has 29 nitrogen and oxygen atoms in total. The fraction of sp³-hybridized carbons (Fsp3) is 0.486. The number of nitrogens with zero attached hydrogens (tertiary/aromatic N) is 5. The Morgan fingerprint density at radius 2 is 1.05 bits per heavy atom. The van der Waals surface area contributed by atoms with E-state index in [-0.39, 0.29) is 136 Å². The average molecular weight is 1540 g/mol. The minimum Gasteiger partial charge on any atom is -0.445 e. The summed E-state index contributed by atoms with van der Waals surface area (Å²) in [6.07, 6.45) is -1.59. The Balaban J connectivity index is 0.863. The maximum absolute atomic E-state index is 14.8. The molecule has 2 aliphatic rings. The Labute approximate surface area is 623 Å². The van der Waals surface area contributed by atoms with E-state index in [1.165, 1.54) is 46.8 Å². The summed E-state index contributed by atoms with van der Waals surface area (Å²) in [7, 11) is -2.07. The quantitative estimate of drug-likeness (QED) is 0.0137. The van der Waals surface area contributed by atoms with Crippen molar-refractivity contribution in [2.24, 2.45) is 17.4 Å². The van der Waals surface area contributed by atoms with E-state index < -0.39 is 67.5 Å². The van der Waals surface area contributed by atoms with Crippen LogP contribution < -0.4 is 40.7 Å². The van der Waals surface area contributed by atoms with Gasteiger partial charge in [0.25, 0.3) is 17.7 Å². The molecule has 0 saturated carbocycles. The SMILES string of the molecule is COCCN(CCN(CCOC)C(=O)Oc1cc2c(c3ccccc13)[C@H](CCl)CN2C(=O)c1ccc(C(=O)N2C[C@@H](CCl)c3c2cc(OP(=O)(O)O)c2ccccc32)s1)C(=O)OCc1ccc(N(C(=O)[C@@H](NC(=O)CCOCCOCCOCCOCCOCCOCCN)C(C)C)[C@@H](C)C(N)=O)cc1. The number of rotatable bonds is 44. The molecule has 0 fully saturated rings. The summed E-state index contributed by atoms with van der Waals surface area (Å²) in [6.45, 7) is 10.1. The maximum atomic E-state index is 14.8. The highest BCUT2D eigenvalue weighted by Gasteiger charge is 2.40. The number of amides is 7. The number of alkyl halides is 2. The molecule has 572 valence electrons. The number of hydrogen-bond donors (Lipinski definition) is 5. The van der Waals surface area contributed by atoms with Gasteiger partial charge in [-0.2, -0.15) is 0 Å². The Morgan fingerprint density at radius 1 is 0.600 bits per heavy atom. The number of benzene rings is 5. The van der Waals surface area contributed by atoms with Crippen LogP contribution >= 0.6 is 42.4 Å². The molecular formula is C72H93Cl2N8O21PS. The van der Waals surface area contributed by atoms with Gasteiger partial charge in [0.1, 0.15) is 30.2 Å². The van der Waals surface area contributed by atoms with Crippen LogP contribution in [0.5, 0.6) is 11.5 Å². The molecule has 0 aliphatic carbocycles. The van der Waals surface area contributed by atoms with E-state index in [1.54, 1.807) is 97.6 Å². The molecule has 8 rings (SSSR count). The number of ether oxygens (including phenoxy) is 10. The van der Waals surface area contributed by atoms with Crippen molar-refractivity contribution in [1.82, 2.24) is 15.1 Å². The number of thiophene rings is 1. The second-order valence-corrected chi connectivity index (χ2v) is 27.7. The first-order chi connectivity index (χ1) is 50.6. The summed E-state index contributed by atoms with van der Waals surface area (Å²) in [5.41, 5.74) is 14.2. The molecule has 6 aromatic rings. The van der Waals surface area contributed by atoms with Crippen LogP contribution in [-0.4, -0.2) is 238 Å². The highest BCUT2D eigenvalue weighted by Crippen LogP contribution is 2.50. The number of carbonyl (C=O) groups is 7. The number of carbonyl (C=O) groups excluding carboxylic acids is 7. The van der Waals surface area contributed by atoms with Gasteiger partial charge < -0.3 is 88.3 Å². The van der Waals surface area contributed by atoms with Gasteiger partial charge in [0, 0.05) is 119 Å². The monoisotopic (exact) mass is 1540 g/mol. The Kier molecular flexibility index (Phi) is 32.8. The molecular weight excluding hydrogens is 1450 g/mol. The molecule has 0 bridgehead atoms. The minimum absolute atomic E-state index is 0.0388. The molecule has 33 heteroatoms. The highest BCUT2D eigenvalue weighted by atomic mass is 35.5. The van der Waals surface area contributed by atoms with Gasteiger partial charge in [0.05, 0.1) is 114 Å². The van der Waals surface area contributed by atoms with Crippen molar-refractivity contribution < 1.29 is 99.8 Å². The van der Waals surface area contributed by atoms with Gasteiger partial charge in [-0.15, -0.1) is 34.5 Å². The van der Waals surface area contributed by atoms with Crippen LogP contribution in [0.25, 0.3) is 21.5 Å². The number of anilines is 3. The summed E-state index contributed by atoms with van der Waals surface area (Å²) in [4.78, 5) is 125. The molecule has 105 heavy (non-hydrogen) atoms. The number of fused-ring (bicyclic) bond motifs is 6. The molecule has 3 heterocycles. The zero-order chi connectivity index (χ0) is 75.6. The fourth-order valence-electron chi connectivity index (χ4n) is 12.0. The van der Waals surface area contributed by atoms with E-state index in [0.29, 0.717) is 110 Å². The average Bonchev–Trinajstić information content (AvgIpc) is 1.62. The number of halogens is 2. The van der Waals surface area contributed by atoms with Crippen molar-refractivity contribution in [3.05, 3.63) is 124 Å². The van der Waals surface area contributed by atoms with Crippen molar-refractivity contribution in [2.45, 2.75) is 57.7 Å². The lowest BCUT2D eigenvalue weighted by Crippen LogP contribution is -2.56. The van der Waals surface area contributed by atoms with Crippen LogP contribution in [-0.2, 0) is 68.2 Å². The Bertz CT molecular complexity index is 3950. The number of primary amides is 1. The molecule has 0 saturated heterocycles. The first-order valence-electron chi connectivity index (χ1n) is 34.4. The lowest BCUT2D eigenvalue weighted by molar-refractivity contribution is -0.130. The minimum atomic E-state index is -5.02. The number of hydrogen-bond acceptors (Lipinski definition) is 21. The van der Waals surface area contributed by atoms with E-state index >= 15 is 0 Å². The van der Waals surface area contributed by atoms with Crippen LogP contribution in [0.15, 0.2) is 97.1 Å². The summed E-state index contributed by atoms with van der Waals surface area (Å²) in [5, 5.41) is 5.10. The molecule has 1 aromatic heterocycles. The normalized spacial score (nSPS) is 14.7. The second-order valence-electron chi connectivity index (χ2n) is 24.8. The van der Waals surface area contributed by atoms with Gasteiger partial charge in [0.2, 0.25) is 11.8 Å². The molecule has 7 amide bonds. The van der Waals surface area contributed by atoms with Gasteiger partial charge in [-0.25, -0.2) is 14.2 Å². The number of methoxy groups -OCH3 is 2. The van der Waals surface area contributed by atoms with Crippen LogP contribution in [0, 0.1) is 5.92 Å². The highest BCUT2D eigenvalue weighted by molar-refractivity contribution is 7.46. The van der Waals surface area contributed by atoms with Gasteiger partial charge in [-0.1, -0.05) is 74.5 Å². The third-order valence-corrected chi connectivity index (χ3v) is 19.5. The second kappa shape index (κ2) is 41.5. The van der Waals surface area contributed by atoms with E-state index in [0.717, 1.165) is 16.9 Å². The van der Waals surface area contributed by atoms with Gasteiger partial charge >= 0.3 is 20.0 Å². The van der Waals surface area contributed by atoms with Gasteiger partial charge in [-0.3, -0.25) is 38.7 Å². The predicted molar refractivity (Wildman–Crippen MR) is 396 cm³/mol. The maximum Gasteiger partial charge on any atom is 0.524 e. The third kappa shape index (κ3) is 23.0. The van der Waals surface area contributed by atoms with E-state index in [2.05, 4.69) is 5.32 Å². The van der Waals surface area contributed by atoms with Crippen molar-refractivity contribution in [3.63, 3.8) is 0 Å². The Morgan fingerprint density at radius 3 is 1.50 bits per heavy atom. The summed E-state index contributed by atoms with van der Waals surface area (Å²) >= 11 is 14.1. The fourth-order valence-corrected chi connectivity index (χ4v) is 13.8. The Hall–Kier alpha value is -7.62. The smallest absolute Gasteiger partial charge is 0.445 e. The zero-order valence-corrected chi connectivity index (χ0v) is 62.7. The van der Waals surface area contributed by atoms with E-state index in [1.807, 2.05) is 12.1 Å². The largest absolute Gasteiger partial charge is 0.524 e. The molecule has 0 radical (unpaired) electrons. The van der Waals surface area contributed by atoms with Crippen LogP contribution in [0.4, 0.5) is 26.7 Å². The van der Waals surface area contributed by atoms with Crippen LogP contribution in [0.1, 0.15) is 75.1 Å². The lowest BCUT2D eigenvalue weighted by Gasteiger charge is -2.33. The summed E-state index contributed by atoms with van der Waals surface area (Å²) < 4.78 is 72.9. The third-order valence-electron chi connectivity index (χ3n) is 17.3. The summed E-state index contributed by atoms with van der Waals surface area (Å²) in [6, 6.07) is 24.5. The number of nitrogens with one attached hydrogen (secondary N) is 1. The van der Waals surface area contributed by atoms with Crippen molar-refractivity contribution in [2.75, 3.05) is 179 Å². The predicted octanol–water partition coefficient (Wildman–Crippen LogP) is 8.02. The van der Waals surface area contributed by atoms with Crippen molar-refractivity contribution >= 4 is 123 Å². The topological polar surface area (TPSA) is 359 Å². The van der Waals surface area contributed by atoms with Crippen LogP contribution in [0.3, 0.4) is 0 Å². The molecule has 0 unspecified atom stereocenters. The van der Waals surface area contributed by atoms with Crippen molar-refractivity contribution in [3.8, 4) is 11.5 Å². The van der Waals surface area contributed by atoms with Gasteiger partial charge in [0.15, 0.2) is 0 Å². The molecule has 4 atom stereocenters. The van der Waals surface area contributed by atoms with E-state index in [4.69, 9.17) is 86.6 Å². The van der Waals surface area contributed by atoms with Crippen LogP contribution in [0.2, 0.25) is 0 Å². The number of phosphoric ester groups is 1. The summed E-state index contributed by atoms with van der Waals surface area (Å²) in [5.74, 6) is -3.57. The first-order valence-corrected chi connectivity index (χ1v) is 37.8. The zero-order valence-electron chi connectivity index (χ0n) is 59.5. The molecule has 7 N–H and O–H groups in total. The molecule has 0 spiro atoms. The van der Waals surface area contributed by atoms with Gasteiger partial charge in [-0.05, 0) is 64.6 Å². The van der Waals surface area contributed by atoms with E-state index in [9.17, 15) is 47.9 Å². The van der Waals surface area contributed by atoms with Crippen molar-refractivity contribution in [1.29, 1.82) is 0 Å². The first kappa shape index (κ1) is 83.0.